The highest BCUT2D eigenvalue weighted by atomic mass is 35.5. The predicted octanol–water partition coefficient (Wildman–Crippen LogP) is 4.49. The zero-order valence-electron chi connectivity index (χ0n) is 10.4. The first-order valence-electron chi connectivity index (χ1n) is 5.87. The van der Waals surface area contributed by atoms with Crippen LogP contribution in [0.5, 0.6) is 0 Å². The fourth-order valence-corrected chi connectivity index (χ4v) is 1.87. The van der Waals surface area contributed by atoms with Gasteiger partial charge in [-0.2, -0.15) is 0 Å². The Morgan fingerprint density at radius 1 is 1.53 bits per heavy atom. The van der Waals surface area contributed by atoms with Crippen molar-refractivity contribution in [3.05, 3.63) is 46.8 Å². The number of hydrogen-bond acceptors (Lipinski definition) is 1. The molecule has 17 heavy (non-hydrogen) atoms. The monoisotopic (exact) mass is 255 g/mol. The van der Waals surface area contributed by atoms with Gasteiger partial charge in [0.2, 0.25) is 0 Å². The lowest BCUT2D eigenvalue weighted by Gasteiger charge is -2.18. The standard InChI is InChI=1S/C14H19ClFN/c1-4-17-14(8-5-10(2)3)11-6-7-12(15)13(16)9-11/h6-7,9,14,17H,2,4-5,8H2,1,3H3. The molecule has 1 rings (SSSR count). The molecular weight excluding hydrogens is 237 g/mol. The van der Waals surface area contributed by atoms with Gasteiger partial charge in [-0.05, 0) is 44.0 Å². The molecule has 0 amide bonds. The Hall–Kier alpha value is -0.860. The molecule has 1 nitrogen and oxygen atoms in total. The molecule has 1 aromatic carbocycles. The summed E-state index contributed by atoms with van der Waals surface area (Å²) in [7, 11) is 0. The molecule has 0 radical (unpaired) electrons. The smallest absolute Gasteiger partial charge is 0.142 e. The maximum Gasteiger partial charge on any atom is 0.142 e. The number of nitrogens with one attached hydrogen (secondary N) is 1. The third kappa shape index (κ3) is 4.49. The molecule has 0 saturated heterocycles. The molecule has 0 aliphatic heterocycles. The molecule has 1 N–H and O–H groups in total. The molecule has 1 aromatic rings. The summed E-state index contributed by atoms with van der Waals surface area (Å²) in [6.45, 7) is 8.79. The van der Waals surface area contributed by atoms with Crippen molar-refractivity contribution in [1.82, 2.24) is 5.32 Å². The van der Waals surface area contributed by atoms with Crippen LogP contribution in [0.15, 0.2) is 30.4 Å². The first-order valence-corrected chi connectivity index (χ1v) is 6.25. The van der Waals surface area contributed by atoms with Gasteiger partial charge in [-0.1, -0.05) is 30.2 Å². The minimum atomic E-state index is -0.359. The summed E-state index contributed by atoms with van der Waals surface area (Å²) in [4.78, 5) is 0. The quantitative estimate of drug-likeness (QED) is 0.739. The van der Waals surface area contributed by atoms with Crippen LogP contribution in [0.2, 0.25) is 5.02 Å². The number of hydrogen-bond donors (Lipinski definition) is 1. The molecule has 0 heterocycles. The van der Waals surface area contributed by atoms with Crippen molar-refractivity contribution in [2.75, 3.05) is 6.54 Å². The van der Waals surface area contributed by atoms with E-state index in [1.807, 2.05) is 19.9 Å². The molecule has 0 aromatic heterocycles. The summed E-state index contributed by atoms with van der Waals surface area (Å²) in [6.07, 6.45) is 1.85. The van der Waals surface area contributed by atoms with Crippen LogP contribution in [0.25, 0.3) is 0 Å². The van der Waals surface area contributed by atoms with Gasteiger partial charge in [-0.25, -0.2) is 4.39 Å². The van der Waals surface area contributed by atoms with Gasteiger partial charge < -0.3 is 5.32 Å². The topological polar surface area (TPSA) is 12.0 Å². The predicted molar refractivity (Wildman–Crippen MR) is 71.9 cm³/mol. The van der Waals surface area contributed by atoms with Gasteiger partial charge in [0.1, 0.15) is 5.82 Å². The fraction of sp³-hybridized carbons (Fsp3) is 0.429. The van der Waals surface area contributed by atoms with Crippen LogP contribution in [-0.2, 0) is 0 Å². The molecule has 1 unspecified atom stereocenters. The van der Waals surface area contributed by atoms with Crippen molar-refractivity contribution in [1.29, 1.82) is 0 Å². The van der Waals surface area contributed by atoms with Crippen LogP contribution in [0.3, 0.4) is 0 Å². The average Bonchev–Trinajstić information content (AvgIpc) is 2.28. The fourth-order valence-electron chi connectivity index (χ4n) is 1.75. The second-order valence-corrected chi connectivity index (χ2v) is 4.69. The van der Waals surface area contributed by atoms with E-state index in [0.717, 1.165) is 30.5 Å². The number of rotatable bonds is 6. The van der Waals surface area contributed by atoms with E-state index in [2.05, 4.69) is 11.9 Å². The molecule has 0 aliphatic rings. The summed E-state index contributed by atoms with van der Waals surface area (Å²) in [6, 6.07) is 5.14. The zero-order valence-corrected chi connectivity index (χ0v) is 11.1. The van der Waals surface area contributed by atoms with E-state index in [0.29, 0.717) is 0 Å². The minimum Gasteiger partial charge on any atom is -0.310 e. The van der Waals surface area contributed by atoms with E-state index < -0.39 is 0 Å². The Kier molecular flexibility index (Phi) is 5.66. The van der Waals surface area contributed by atoms with Gasteiger partial charge in [0.05, 0.1) is 5.02 Å². The van der Waals surface area contributed by atoms with Gasteiger partial charge >= 0.3 is 0 Å². The molecule has 0 fully saturated rings. The highest BCUT2D eigenvalue weighted by Crippen LogP contribution is 2.24. The second-order valence-electron chi connectivity index (χ2n) is 4.28. The summed E-state index contributed by atoms with van der Waals surface area (Å²) in [5.74, 6) is -0.359. The SMILES string of the molecule is C=C(C)CCC(NCC)c1ccc(Cl)c(F)c1. The molecule has 0 bridgehead atoms. The van der Waals surface area contributed by atoms with Crippen molar-refractivity contribution in [3.63, 3.8) is 0 Å². The molecule has 1 atom stereocenters. The second kappa shape index (κ2) is 6.77. The Morgan fingerprint density at radius 2 is 2.24 bits per heavy atom. The largest absolute Gasteiger partial charge is 0.310 e. The lowest BCUT2D eigenvalue weighted by Crippen LogP contribution is -2.21. The maximum atomic E-state index is 13.4. The van der Waals surface area contributed by atoms with Crippen molar-refractivity contribution < 1.29 is 4.39 Å². The lowest BCUT2D eigenvalue weighted by atomic mass is 10.00. The van der Waals surface area contributed by atoms with Gasteiger partial charge in [-0.15, -0.1) is 6.58 Å². The maximum absolute atomic E-state index is 13.4. The Balaban J connectivity index is 2.81. The van der Waals surface area contributed by atoms with Gasteiger partial charge in [-0.3, -0.25) is 0 Å². The molecule has 0 saturated carbocycles. The number of allylic oxidation sites excluding steroid dienone is 1. The molecule has 3 heteroatoms. The van der Waals surface area contributed by atoms with Crippen LogP contribution in [0.1, 0.15) is 38.3 Å². The highest BCUT2D eigenvalue weighted by molar-refractivity contribution is 6.30. The summed E-state index contributed by atoms with van der Waals surface area (Å²) in [5.41, 5.74) is 2.08. The van der Waals surface area contributed by atoms with E-state index >= 15 is 0 Å². The van der Waals surface area contributed by atoms with Crippen molar-refractivity contribution >= 4 is 11.6 Å². The number of benzene rings is 1. The van der Waals surface area contributed by atoms with E-state index in [4.69, 9.17) is 11.6 Å². The van der Waals surface area contributed by atoms with Gasteiger partial charge in [0, 0.05) is 6.04 Å². The van der Waals surface area contributed by atoms with E-state index in [-0.39, 0.29) is 16.9 Å². The first kappa shape index (κ1) is 14.2. The van der Waals surface area contributed by atoms with E-state index in [9.17, 15) is 4.39 Å². The third-order valence-corrected chi connectivity index (χ3v) is 2.96. The van der Waals surface area contributed by atoms with Crippen LogP contribution >= 0.6 is 11.6 Å². The normalized spacial score (nSPS) is 12.5. The highest BCUT2D eigenvalue weighted by Gasteiger charge is 2.12. The molecular formula is C14H19ClFN. The number of halogens is 2. The summed E-state index contributed by atoms with van der Waals surface area (Å²) < 4.78 is 13.4. The average molecular weight is 256 g/mol. The Morgan fingerprint density at radius 3 is 2.76 bits per heavy atom. The van der Waals surface area contributed by atoms with Crippen LogP contribution < -0.4 is 5.32 Å². The summed E-state index contributed by atoms with van der Waals surface area (Å²) in [5, 5.41) is 3.52. The van der Waals surface area contributed by atoms with Gasteiger partial charge in [0.25, 0.3) is 0 Å². The Labute approximate surface area is 108 Å². The molecule has 0 aliphatic carbocycles. The molecule has 0 spiro atoms. The summed E-state index contributed by atoms with van der Waals surface area (Å²) >= 11 is 5.68. The zero-order chi connectivity index (χ0) is 12.8. The van der Waals surface area contributed by atoms with Crippen molar-refractivity contribution in [2.24, 2.45) is 0 Å². The van der Waals surface area contributed by atoms with Crippen molar-refractivity contribution in [3.8, 4) is 0 Å². The first-order chi connectivity index (χ1) is 8.04. The minimum absolute atomic E-state index is 0.156. The van der Waals surface area contributed by atoms with Gasteiger partial charge in [0.15, 0.2) is 0 Å². The van der Waals surface area contributed by atoms with Crippen LogP contribution in [0, 0.1) is 5.82 Å². The van der Waals surface area contributed by atoms with Crippen LogP contribution in [0.4, 0.5) is 4.39 Å². The van der Waals surface area contributed by atoms with Crippen LogP contribution in [-0.4, -0.2) is 6.54 Å². The Bertz CT molecular complexity index is 390. The van der Waals surface area contributed by atoms with E-state index in [1.54, 1.807) is 6.07 Å². The third-order valence-electron chi connectivity index (χ3n) is 2.66. The lowest BCUT2D eigenvalue weighted by molar-refractivity contribution is 0.510. The van der Waals surface area contributed by atoms with E-state index in [1.165, 1.54) is 6.07 Å². The molecule has 94 valence electrons. The van der Waals surface area contributed by atoms with Crippen molar-refractivity contribution in [2.45, 2.75) is 32.7 Å².